The average molecular weight is 243 g/mol. The van der Waals surface area contributed by atoms with Gasteiger partial charge in [0.25, 0.3) is 0 Å². The number of rotatable bonds is 6. The molecule has 0 saturated heterocycles. The first-order chi connectivity index (χ1) is 8.83. The Hall–Kier alpha value is -1.71. The number of hydrogen-bond donors (Lipinski definition) is 0. The topological polar surface area (TPSA) is 43.6 Å². The van der Waals surface area contributed by atoms with E-state index in [-0.39, 0.29) is 0 Å². The van der Waals surface area contributed by atoms with Crippen LogP contribution in [0.5, 0.6) is 0 Å². The molecule has 1 aromatic carbocycles. The van der Waals surface area contributed by atoms with Crippen molar-refractivity contribution in [2.45, 2.75) is 39.2 Å². The van der Waals surface area contributed by atoms with Crippen molar-refractivity contribution >= 4 is 0 Å². The van der Waals surface area contributed by atoms with Gasteiger partial charge >= 0.3 is 0 Å². The highest BCUT2D eigenvalue weighted by Crippen LogP contribution is 2.20. The van der Waals surface area contributed by atoms with E-state index < -0.39 is 0 Å². The summed E-state index contributed by atoms with van der Waals surface area (Å²) in [5.41, 5.74) is 1.97. The zero-order valence-corrected chi connectivity index (χ0v) is 10.8. The molecule has 2 aromatic rings. The Balaban J connectivity index is 2.10. The van der Waals surface area contributed by atoms with E-state index in [0.29, 0.717) is 0 Å². The van der Waals surface area contributed by atoms with Crippen LogP contribution in [0.1, 0.15) is 38.2 Å². The number of hydrogen-bond acceptors (Lipinski definition) is 3. The van der Waals surface area contributed by atoms with E-state index in [2.05, 4.69) is 29.4 Å². The highest BCUT2D eigenvalue weighted by molar-refractivity contribution is 5.60. The summed E-state index contributed by atoms with van der Waals surface area (Å²) in [7, 11) is 0. The standard InChI is InChI=1S/C14H19N4/c1-3-4-5-8-11-18-14(15-16-17-18)13-10-7-6-9-12(13)2/h6-7,9-10H,2-5,8,11H2,1H3. The van der Waals surface area contributed by atoms with E-state index in [9.17, 15) is 0 Å². The molecule has 0 atom stereocenters. The molecule has 2 rings (SSSR count). The van der Waals surface area contributed by atoms with Gasteiger partial charge < -0.3 is 0 Å². The van der Waals surface area contributed by atoms with Gasteiger partial charge in [-0.15, -0.1) is 5.10 Å². The summed E-state index contributed by atoms with van der Waals surface area (Å²) in [6.45, 7) is 7.10. The second-order valence-corrected chi connectivity index (χ2v) is 4.44. The molecule has 0 fully saturated rings. The SMILES string of the molecule is [CH2]c1ccccc1-c1nnnn1CCCCCC. The molecule has 1 heterocycles. The summed E-state index contributed by atoms with van der Waals surface area (Å²) in [4.78, 5) is 0. The van der Waals surface area contributed by atoms with Gasteiger partial charge in [0.1, 0.15) is 0 Å². The van der Waals surface area contributed by atoms with Crippen molar-refractivity contribution in [3.63, 3.8) is 0 Å². The van der Waals surface area contributed by atoms with Gasteiger partial charge in [-0.1, -0.05) is 50.5 Å². The average Bonchev–Trinajstić information content (AvgIpc) is 2.83. The number of nitrogens with zero attached hydrogens (tertiary/aromatic N) is 4. The van der Waals surface area contributed by atoms with Crippen LogP contribution in [-0.4, -0.2) is 20.2 Å². The van der Waals surface area contributed by atoms with Crippen molar-refractivity contribution in [3.8, 4) is 11.4 Å². The lowest BCUT2D eigenvalue weighted by Crippen LogP contribution is -2.03. The van der Waals surface area contributed by atoms with Crippen LogP contribution >= 0.6 is 0 Å². The minimum Gasteiger partial charge on any atom is -0.225 e. The highest BCUT2D eigenvalue weighted by atomic mass is 15.5. The monoisotopic (exact) mass is 243 g/mol. The zero-order valence-electron chi connectivity index (χ0n) is 10.8. The van der Waals surface area contributed by atoms with Crippen LogP contribution in [0.2, 0.25) is 0 Å². The van der Waals surface area contributed by atoms with Gasteiger partial charge in [-0.2, -0.15) is 0 Å². The summed E-state index contributed by atoms with van der Waals surface area (Å²) in [6, 6.07) is 7.95. The molecule has 0 bridgehead atoms. The zero-order chi connectivity index (χ0) is 12.8. The fourth-order valence-electron chi connectivity index (χ4n) is 1.97. The molecule has 4 nitrogen and oxygen atoms in total. The predicted molar refractivity (Wildman–Crippen MR) is 71.9 cm³/mol. The number of aromatic nitrogens is 4. The largest absolute Gasteiger partial charge is 0.225 e. The molecule has 0 aliphatic heterocycles. The van der Waals surface area contributed by atoms with Gasteiger partial charge in [-0.3, -0.25) is 0 Å². The van der Waals surface area contributed by atoms with E-state index in [1.807, 2.05) is 28.9 Å². The minimum absolute atomic E-state index is 0.817. The Bertz CT molecular complexity index is 490. The van der Waals surface area contributed by atoms with E-state index >= 15 is 0 Å². The van der Waals surface area contributed by atoms with E-state index in [0.717, 1.165) is 29.9 Å². The van der Waals surface area contributed by atoms with Crippen LogP contribution in [0.4, 0.5) is 0 Å². The third-order valence-electron chi connectivity index (χ3n) is 3.01. The van der Waals surface area contributed by atoms with Gasteiger partial charge in [0, 0.05) is 12.1 Å². The number of benzene rings is 1. The quantitative estimate of drug-likeness (QED) is 0.732. The Kier molecular flexibility index (Phi) is 4.45. The maximum Gasteiger partial charge on any atom is 0.182 e. The molecule has 0 spiro atoms. The van der Waals surface area contributed by atoms with Crippen molar-refractivity contribution in [2.24, 2.45) is 0 Å². The summed E-state index contributed by atoms with van der Waals surface area (Å²) in [5, 5.41) is 11.9. The van der Waals surface area contributed by atoms with E-state index in [4.69, 9.17) is 0 Å². The maximum absolute atomic E-state index is 4.11. The molecular formula is C14H19N4. The molecule has 18 heavy (non-hydrogen) atoms. The van der Waals surface area contributed by atoms with Gasteiger partial charge in [0.05, 0.1) is 0 Å². The second kappa shape index (κ2) is 6.28. The minimum atomic E-state index is 0.817. The van der Waals surface area contributed by atoms with Crippen molar-refractivity contribution in [2.75, 3.05) is 0 Å². The van der Waals surface area contributed by atoms with Crippen molar-refractivity contribution in [1.82, 2.24) is 20.2 Å². The van der Waals surface area contributed by atoms with Crippen LogP contribution in [0.25, 0.3) is 11.4 Å². The third-order valence-corrected chi connectivity index (χ3v) is 3.01. The first-order valence-corrected chi connectivity index (χ1v) is 6.50. The lowest BCUT2D eigenvalue weighted by atomic mass is 10.1. The summed E-state index contributed by atoms with van der Waals surface area (Å²) >= 11 is 0. The summed E-state index contributed by atoms with van der Waals surface area (Å²) < 4.78 is 1.87. The molecule has 0 unspecified atom stereocenters. The third kappa shape index (κ3) is 2.94. The Morgan fingerprint density at radius 3 is 2.78 bits per heavy atom. The molecule has 1 radical (unpaired) electrons. The van der Waals surface area contributed by atoms with Crippen molar-refractivity contribution in [3.05, 3.63) is 36.8 Å². The molecular weight excluding hydrogens is 224 g/mol. The van der Waals surface area contributed by atoms with Crippen LogP contribution in [0.15, 0.2) is 24.3 Å². The van der Waals surface area contributed by atoms with Crippen LogP contribution < -0.4 is 0 Å². The molecule has 4 heteroatoms. The normalized spacial score (nSPS) is 10.8. The number of aryl methyl sites for hydroxylation is 1. The van der Waals surface area contributed by atoms with Gasteiger partial charge in [-0.25, -0.2) is 4.68 Å². The Morgan fingerprint density at radius 2 is 2.00 bits per heavy atom. The maximum atomic E-state index is 4.11. The van der Waals surface area contributed by atoms with E-state index in [1.165, 1.54) is 19.3 Å². The molecule has 1 aromatic heterocycles. The molecule has 0 aliphatic carbocycles. The van der Waals surface area contributed by atoms with Crippen molar-refractivity contribution < 1.29 is 0 Å². The lowest BCUT2D eigenvalue weighted by molar-refractivity contribution is 0.531. The summed E-state index contributed by atoms with van der Waals surface area (Å²) in [6.07, 6.45) is 4.85. The van der Waals surface area contributed by atoms with Gasteiger partial charge in [0.2, 0.25) is 0 Å². The number of unbranched alkanes of at least 4 members (excludes halogenated alkanes) is 3. The fourth-order valence-corrected chi connectivity index (χ4v) is 1.97. The lowest BCUT2D eigenvalue weighted by Gasteiger charge is -2.06. The highest BCUT2D eigenvalue weighted by Gasteiger charge is 2.10. The Morgan fingerprint density at radius 1 is 1.17 bits per heavy atom. The first kappa shape index (κ1) is 12.7. The van der Waals surface area contributed by atoms with Gasteiger partial charge in [-0.05, 0) is 29.3 Å². The molecule has 95 valence electrons. The van der Waals surface area contributed by atoms with Gasteiger partial charge in [0.15, 0.2) is 5.82 Å². The fraction of sp³-hybridized carbons (Fsp3) is 0.429. The molecule has 0 N–H and O–H groups in total. The van der Waals surface area contributed by atoms with E-state index in [1.54, 1.807) is 0 Å². The van der Waals surface area contributed by atoms with Crippen LogP contribution in [0, 0.1) is 6.92 Å². The molecule has 0 aliphatic rings. The molecule has 0 saturated carbocycles. The smallest absolute Gasteiger partial charge is 0.182 e. The Labute approximate surface area is 108 Å². The number of tetrazole rings is 1. The van der Waals surface area contributed by atoms with Crippen LogP contribution in [0.3, 0.4) is 0 Å². The molecule has 0 amide bonds. The van der Waals surface area contributed by atoms with Crippen molar-refractivity contribution in [1.29, 1.82) is 0 Å². The summed E-state index contributed by atoms with van der Waals surface area (Å²) in [5.74, 6) is 0.817. The van der Waals surface area contributed by atoms with Crippen LogP contribution in [-0.2, 0) is 6.54 Å². The second-order valence-electron chi connectivity index (χ2n) is 4.44. The predicted octanol–water partition coefficient (Wildman–Crippen LogP) is 3.10. The first-order valence-electron chi connectivity index (χ1n) is 6.50.